The Bertz CT molecular complexity index is 1250. The van der Waals surface area contributed by atoms with E-state index in [2.05, 4.69) is 10.9 Å². The molecule has 2 aromatic heterocycles. The van der Waals surface area contributed by atoms with E-state index < -0.39 is 11.8 Å². The van der Waals surface area contributed by atoms with Crippen molar-refractivity contribution in [2.24, 2.45) is 0 Å². The number of aromatic hydroxyl groups is 1. The second-order valence-electron chi connectivity index (χ2n) is 7.58. The predicted octanol–water partition coefficient (Wildman–Crippen LogP) is 2.24. The van der Waals surface area contributed by atoms with Crippen LogP contribution in [0, 0.1) is 0 Å². The lowest BCUT2D eigenvalue weighted by atomic mass is 10.2. The minimum Gasteiger partial charge on any atom is -0.508 e. The van der Waals surface area contributed by atoms with Crippen LogP contribution in [0.25, 0.3) is 10.2 Å². The zero-order valence-corrected chi connectivity index (χ0v) is 19.7. The Labute approximate surface area is 198 Å². The molecule has 0 saturated carbocycles. The van der Waals surface area contributed by atoms with Crippen LogP contribution in [0.15, 0.2) is 34.2 Å². The quantitative estimate of drug-likeness (QED) is 0.192. The van der Waals surface area contributed by atoms with E-state index in [1.54, 1.807) is 23.0 Å². The van der Waals surface area contributed by atoms with Gasteiger partial charge in [0.2, 0.25) is 5.91 Å². The number of methoxy groups -OCH3 is 1. The molecule has 0 fully saturated rings. The van der Waals surface area contributed by atoms with Crippen LogP contribution in [0.2, 0.25) is 0 Å². The fourth-order valence-corrected chi connectivity index (χ4v) is 5.87. The third-order valence-electron chi connectivity index (χ3n) is 5.28. The number of fused-ring (bicyclic) bond motifs is 3. The van der Waals surface area contributed by atoms with Crippen molar-refractivity contribution < 1.29 is 19.4 Å². The largest absolute Gasteiger partial charge is 0.508 e. The minimum atomic E-state index is -0.548. The number of nitrogens with zero attached hydrogens (tertiary/aromatic N) is 2. The number of hydrogen-bond donors (Lipinski definition) is 3. The van der Waals surface area contributed by atoms with Gasteiger partial charge in [0.1, 0.15) is 10.6 Å². The van der Waals surface area contributed by atoms with Gasteiger partial charge in [-0.1, -0.05) is 17.8 Å². The van der Waals surface area contributed by atoms with Gasteiger partial charge in [-0.15, -0.1) is 11.3 Å². The molecule has 1 aliphatic rings. The number of phenolic OH excluding ortho intramolecular Hbond substituents is 1. The van der Waals surface area contributed by atoms with E-state index >= 15 is 0 Å². The third kappa shape index (κ3) is 5.21. The smallest absolute Gasteiger partial charge is 0.269 e. The average Bonchev–Trinajstić information content (AvgIpc) is 3.38. The van der Waals surface area contributed by atoms with Gasteiger partial charge in [0, 0.05) is 30.7 Å². The van der Waals surface area contributed by atoms with Crippen molar-refractivity contribution in [3.63, 3.8) is 0 Å². The summed E-state index contributed by atoms with van der Waals surface area (Å²) in [4.78, 5) is 44.4. The predicted molar refractivity (Wildman–Crippen MR) is 127 cm³/mol. The Morgan fingerprint density at radius 1 is 1.30 bits per heavy atom. The topological polar surface area (TPSA) is 123 Å². The number of hydrazine groups is 1. The molecule has 0 bridgehead atoms. The second-order valence-corrected chi connectivity index (χ2v) is 9.60. The number of carbonyl (C=O) groups is 2. The van der Waals surface area contributed by atoms with Crippen molar-refractivity contribution in [3.05, 3.63) is 50.6 Å². The third-order valence-corrected chi connectivity index (χ3v) is 7.44. The fraction of sp³-hybridized carbons (Fsp3) is 0.364. The minimum absolute atomic E-state index is 0.0341. The molecule has 0 unspecified atom stereocenters. The van der Waals surface area contributed by atoms with E-state index in [-0.39, 0.29) is 22.6 Å². The van der Waals surface area contributed by atoms with Crippen LogP contribution >= 0.6 is 23.1 Å². The van der Waals surface area contributed by atoms with Gasteiger partial charge in [-0.3, -0.25) is 29.8 Å². The number of rotatable bonds is 8. The standard InChI is InChI=1S/C22H24N4O5S2/c1-31-10-4-9-26-21(30)18-15-7-3-8-16(15)33-20(18)23-22(26)32-12-17(28)24-25-19(29)13-5-2-6-14(27)11-13/h2,5-6,11,27H,3-4,7-10,12H2,1H3,(H,24,28)(H,25,29). The number of ether oxygens (including phenoxy) is 1. The molecule has 3 aromatic rings. The number of thioether (sulfide) groups is 1. The molecule has 2 heterocycles. The number of amides is 2. The van der Waals surface area contributed by atoms with Crippen LogP contribution in [0.4, 0.5) is 0 Å². The van der Waals surface area contributed by atoms with Gasteiger partial charge in [-0.2, -0.15) is 0 Å². The van der Waals surface area contributed by atoms with E-state index in [1.807, 2.05) is 0 Å². The SMILES string of the molecule is COCCCn1c(SCC(=O)NNC(=O)c2cccc(O)c2)nc2sc3c(c2c1=O)CCC3. The summed E-state index contributed by atoms with van der Waals surface area (Å²) in [6, 6.07) is 5.80. The summed E-state index contributed by atoms with van der Waals surface area (Å²) < 4.78 is 6.75. The van der Waals surface area contributed by atoms with Crippen LogP contribution in [0.3, 0.4) is 0 Å². The molecule has 0 saturated heterocycles. The molecule has 0 spiro atoms. The normalized spacial score (nSPS) is 12.6. The Balaban J connectivity index is 1.46. The van der Waals surface area contributed by atoms with Gasteiger partial charge in [0.25, 0.3) is 11.5 Å². The van der Waals surface area contributed by atoms with Crippen LogP contribution < -0.4 is 16.4 Å². The number of benzene rings is 1. The Hall–Kier alpha value is -2.89. The molecule has 174 valence electrons. The van der Waals surface area contributed by atoms with Crippen molar-refractivity contribution in [1.82, 2.24) is 20.4 Å². The zero-order valence-electron chi connectivity index (χ0n) is 18.1. The highest BCUT2D eigenvalue weighted by atomic mass is 32.2. The highest BCUT2D eigenvalue weighted by Gasteiger charge is 2.23. The maximum atomic E-state index is 13.3. The maximum absolute atomic E-state index is 13.3. The second kappa shape index (κ2) is 10.4. The molecule has 1 aliphatic carbocycles. The van der Waals surface area contributed by atoms with Crippen LogP contribution in [-0.4, -0.2) is 45.9 Å². The van der Waals surface area contributed by atoms with Gasteiger partial charge in [-0.05, 0) is 49.4 Å². The van der Waals surface area contributed by atoms with E-state index in [0.29, 0.717) is 34.9 Å². The summed E-state index contributed by atoms with van der Waals surface area (Å²) in [5, 5.41) is 10.7. The van der Waals surface area contributed by atoms with Crippen LogP contribution in [0.5, 0.6) is 5.75 Å². The van der Waals surface area contributed by atoms with Gasteiger partial charge in [0.15, 0.2) is 5.16 Å². The Morgan fingerprint density at radius 2 is 2.15 bits per heavy atom. The van der Waals surface area contributed by atoms with E-state index in [1.165, 1.54) is 29.1 Å². The number of aryl methyl sites for hydroxylation is 2. The lowest BCUT2D eigenvalue weighted by molar-refractivity contribution is -0.119. The van der Waals surface area contributed by atoms with Gasteiger partial charge in [-0.25, -0.2) is 4.98 Å². The number of phenols is 1. The number of thiophene rings is 1. The van der Waals surface area contributed by atoms with E-state index in [4.69, 9.17) is 9.72 Å². The van der Waals surface area contributed by atoms with Crippen molar-refractivity contribution in [2.75, 3.05) is 19.5 Å². The molecule has 0 atom stereocenters. The number of nitrogens with one attached hydrogen (secondary N) is 2. The zero-order chi connectivity index (χ0) is 23.4. The lowest BCUT2D eigenvalue weighted by Gasteiger charge is -2.12. The van der Waals surface area contributed by atoms with Gasteiger partial charge in [0.05, 0.1) is 11.1 Å². The van der Waals surface area contributed by atoms with Crippen LogP contribution in [-0.2, 0) is 28.9 Å². The molecule has 2 amide bonds. The molecule has 9 nitrogen and oxygen atoms in total. The van der Waals surface area contributed by atoms with Crippen molar-refractivity contribution in [2.45, 2.75) is 37.4 Å². The summed E-state index contributed by atoms with van der Waals surface area (Å²) in [5.74, 6) is -1.07. The molecule has 11 heteroatoms. The first-order valence-electron chi connectivity index (χ1n) is 10.5. The summed E-state index contributed by atoms with van der Waals surface area (Å²) in [5.41, 5.74) is 5.94. The number of carbonyl (C=O) groups excluding carboxylic acids is 2. The highest BCUT2D eigenvalue weighted by Crippen LogP contribution is 2.35. The van der Waals surface area contributed by atoms with Crippen molar-refractivity contribution in [1.29, 1.82) is 0 Å². The number of aromatic nitrogens is 2. The summed E-state index contributed by atoms with van der Waals surface area (Å²) in [6.45, 7) is 0.955. The van der Waals surface area contributed by atoms with Crippen molar-refractivity contribution >= 4 is 45.1 Å². The van der Waals surface area contributed by atoms with E-state index in [9.17, 15) is 19.5 Å². The first-order chi connectivity index (χ1) is 16.0. The molecule has 3 N–H and O–H groups in total. The average molecular weight is 489 g/mol. The molecule has 1 aromatic carbocycles. The Morgan fingerprint density at radius 3 is 2.94 bits per heavy atom. The molecular weight excluding hydrogens is 464 g/mol. The summed E-state index contributed by atoms with van der Waals surface area (Å²) in [6.07, 6.45) is 3.59. The van der Waals surface area contributed by atoms with Gasteiger partial charge < -0.3 is 9.84 Å². The maximum Gasteiger partial charge on any atom is 0.269 e. The Kier molecular flexibility index (Phi) is 7.31. The summed E-state index contributed by atoms with van der Waals surface area (Å²) in [7, 11) is 1.61. The molecule has 0 aliphatic heterocycles. The lowest BCUT2D eigenvalue weighted by Crippen LogP contribution is -2.42. The summed E-state index contributed by atoms with van der Waals surface area (Å²) >= 11 is 2.71. The van der Waals surface area contributed by atoms with Crippen LogP contribution in [0.1, 0.15) is 33.6 Å². The fourth-order valence-electron chi connectivity index (χ4n) is 3.74. The van der Waals surface area contributed by atoms with Crippen molar-refractivity contribution in [3.8, 4) is 5.75 Å². The molecule has 0 radical (unpaired) electrons. The van der Waals surface area contributed by atoms with E-state index in [0.717, 1.165) is 36.6 Å². The molecule has 33 heavy (non-hydrogen) atoms. The first kappa shape index (κ1) is 23.3. The van der Waals surface area contributed by atoms with Gasteiger partial charge >= 0.3 is 0 Å². The monoisotopic (exact) mass is 488 g/mol. The molecule has 4 rings (SSSR count). The molecular formula is C22H24N4O5S2. The number of hydrogen-bond acceptors (Lipinski definition) is 8. The first-order valence-corrected chi connectivity index (χ1v) is 12.3. The highest BCUT2D eigenvalue weighted by molar-refractivity contribution is 7.99.